The summed E-state index contributed by atoms with van der Waals surface area (Å²) < 4.78 is 23.6. The largest absolute Gasteiger partial charge is 0.494 e. The van der Waals surface area contributed by atoms with E-state index in [2.05, 4.69) is 82.2 Å². The molecule has 3 aromatic heterocycles. The first-order valence-electron chi connectivity index (χ1n) is 13.6. The Hall–Kier alpha value is -4.30. The van der Waals surface area contributed by atoms with Gasteiger partial charge in [0.25, 0.3) is 0 Å². The number of nitrogens with one attached hydrogen (secondary N) is 3. The van der Waals surface area contributed by atoms with Crippen molar-refractivity contribution in [1.82, 2.24) is 29.7 Å². The van der Waals surface area contributed by atoms with Gasteiger partial charge in [0, 0.05) is 79.5 Å². The van der Waals surface area contributed by atoms with Crippen molar-refractivity contribution in [2.75, 3.05) is 40.2 Å². The molecule has 0 saturated carbocycles. The third-order valence-electron chi connectivity index (χ3n) is 7.32. The number of fused-ring (bicyclic) bond motifs is 4. The second-order valence-electron chi connectivity index (χ2n) is 10.3. The monoisotopic (exact) mass is 662 g/mol. The molecule has 0 spiro atoms. The van der Waals surface area contributed by atoms with Crippen molar-refractivity contribution in [3.63, 3.8) is 0 Å². The molecule has 1 aliphatic heterocycles. The van der Waals surface area contributed by atoms with Gasteiger partial charge in [-0.1, -0.05) is 0 Å². The van der Waals surface area contributed by atoms with Crippen LogP contribution in [0.25, 0.3) is 22.2 Å². The lowest BCUT2D eigenvalue weighted by molar-refractivity contribution is 0.416. The standard InChI is InChI=1S/C29H31BrN10O2S/c1-16(2)40-11-8-23-18(14-34-39(23)3)17-12-22(25(42-4)13-24(17)40)36-29-33-15-19(30)28(37-29)35-21-7-6-20-26(32-10-9-31-20)27(21)38-43(5)41/h6-7,9-10,12-16,38H,8,11H2,1-5H3,(H2,33,35,36,37). The quantitative estimate of drug-likeness (QED) is 0.194. The molecule has 5 aromatic rings. The van der Waals surface area contributed by atoms with Crippen molar-refractivity contribution in [3.05, 3.63) is 59.2 Å². The average Bonchev–Trinajstić information content (AvgIpc) is 3.26. The van der Waals surface area contributed by atoms with E-state index in [0.29, 0.717) is 50.4 Å². The molecule has 1 unspecified atom stereocenters. The molecular weight excluding hydrogens is 632 g/mol. The van der Waals surface area contributed by atoms with Crippen molar-refractivity contribution in [2.45, 2.75) is 26.3 Å². The van der Waals surface area contributed by atoms with Crippen LogP contribution in [0.15, 0.2) is 53.5 Å². The number of aromatic nitrogens is 6. The van der Waals surface area contributed by atoms with Gasteiger partial charge in [-0.05, 0) is 48.0 Å². The van der Waals surface area contributed by atoms with Gasteiger partial charge in [0.05, 0.1) is 40.4 Å². The minimum Gasteiger partial charge on any atom is -0.494 e. The first-order valence-corrected chi connectivity index (χ1v) is 16.0. The molecule has 14 heteroatoms. The Morgan fingerprint density at radius 2 is 1.86 bits per heavy atom. The number of hydrogen-bond acceptors (Lipinski definition) is 10. The zero-order valence-corrected chi connectivity index (χ0v) is 26.7. The molecule has 43 heavy (non-hydrogen) atoms. The normalized spacial score (nSPS) is 13.3. The van der Waals surface area contributed by atoms with Crippen molar-refractivity contribution >= 4 is 72.5 Å². The van der Waals surface area contributed by atoms with Crippen molar-refractivity contribution < 1.29 is 8.95 Å². The van der Waals surface area contributed by atoms with E-state index in [1.54, 1.807) is 32.0 Å². The van der Waals surface area contributed by atoms with E-state index >= 15 is 0 Å². The highest BCUT2D eigenvalue weighted by molar-refractivity contribution is 9.10. The van der Waals surface area contributed by atoms with Crippen LogP contribution in [0.3, 0.4) is 0 Å². The van der Waals surface area contributed by atoms with Gasteiger partial charge < -0.3 is 25.0 Å². The number of nitrogens with zero attached hydrogens (tertiary/aromatic N) is 7. The lowest BCUT2D eigenvalue weighted by atomic mass is 10.0. The number of ether oxygens (including phenoxy) is 1. The zero-order valence-electron chi connectivity index (χ0n) is 24.3. The van der Waals surface area contributed by atoms with E-state index in [0.717, 1.165) is 35.5 Å². The molecule has 6 rings (SSSR count). The van der Waals surface area contributed by atoms with E-state index in [1.165, 1.54) is 5.69 Å². The van der Waals surface area contributed by atoms with Gasteiger partial charge in [0.1, 0.15) is 28.1 Å². The molecule has 4 heterocycles. The minimum atomic E-state index is -1.34. The van der Waals surface area contributed by atoms with Crippen LogP contribution >= 0.6 is 15.9 Å². The maximum Gasteiger partial charge on any atom is 0.229 e. The van der Waals surface area contributed by atoms with E-state index in [4.69, 9.17) is 9.72 Å². The number of halogens is 1. The predicted octanol–water partition coefficient (Wildman–Crippen LogP) is 5.55. The fourth-order valence-corrected chi connectivity index (χ4v) is 6.09. The van der Waals surface area contributed by atoms with Crippen molar-refractivity contribution in [2.24, 2.45) is 7.05 Å². The van der Waals surface area contributed by atoms with Crippen LogP contribution < -0.4 is 25.0 Å². The fourth-order valence-electron chi connectivity index (χ4n) is 5.31. The van der Waals surface area contributed by atoms with Gasteiger partial charge in [-0.15, -0.1) is 0 Å². The second-order valence-corrected chi connectivity index (χ2v) is 12.3. The van der Waals surface area contributed by atoms with Crippen LogP contribution in [0.5, 0.6) is 5.75 Å². The van der Waals surface area contributed by atoms with Gasteiger partial charge in [0.2, 0.25) is 5.95 Å². The summed E-state index contributed by atoms with van der Waals surface area (Å²) in [5.74, 6) is 1.53. The zero-order chi connectivity index (χ0) is 30.2. The molecular formula is C29H31BrN10O2S. The van der Waals surface area contributed by atoms with Gasteiger partial charge in [-0.3, -0.25) is 14.6 Å². The number of hydrogen-bond donors (Lipinski definition) is 3. The predicted molar refractivity (Wildman–Crippen MR) is 175 cm³/mol. The number of aryl methyl sites for hydroxylation is 1. The Morgan fingerprint density at radius 3 is 2.63 bits per heavy atom. The summed E-state index contributed by atoms with van der Waals surface area (Å²) in [5, 5.41) is 11.2. The SMILES string of the molecule is COc1cc2c(cc1Nc1ncc(Br)c(Nc3ccc4nccnc4c3NS(C)=O)n1)-c1cnn(C)c1CCN2C(C)C. The molecule has 222 valence electrons. The van der Waals surface area contributed by atoms with Crippen LogP contribution in [0.1, 0.15) is 19.5 Å². The summed E-state index contributed by atoms with van der Waals surface area (Å²) in [7, 11) is 2.30. The van der Waals surface area contributed by atoms with Gasteiger partial charge in [-0.2, -0.15) is 10.1 Å². The smallest absolute Gasteiger partial charge is 0.229 e. The summed E-state index contributed by atoms with van der Waals surface area (Å²) in [6.45, 7) is 5.27. The third-order valence-corrected chi connectivity index (χ3v) is 8.39. The first kappa shape index (κ1) is 28.8. The summed E-state index contributed by atoms with van der Waals surface area (Å²) in [6.07, 6.45) is 9.25. The van der Waals surface area contributed by atoms with E-state index < -0.39 is 11.0 Å². The maximum absolute atomic E-state index is 12.2. The van der Waals surface area contributed by atoms with Crippen LogP contribution in [0.2, 0.25) is 0 Å². The molecule has 0 aliphatic carbocycles. The Bertz CT molecular complexity index is 1860. The Balaban J connectivity index is 1.39. The molecule has 0 radical (unpaired) electrons. The van der Waals surface area contributed by atoms with Gasteiger partial charge >= 0.3 is 0 Å². The first-order chi connectivity index (χ1) is 20.7. The molecule has 12 nitrogen and oxygen atoms in total. The number of benzene rings is 2. The molecule has 3 N–H and O–H groups in total. The lowest BCUT2D eigenvalue weighted by Gasteiger charge is -2.30. The van der Waals surface area contributed by atoms with E-state index in [-0.39, 0.29) is 0 Å². The maximum atomic E-state index is 12.2. The lowest BCUT2D eigenvalue weighted by Crippen LogP contribution is -2.32. The highest BCUT2D eigenvalue weighted by Crippen LogP contribution is 2.44. The van der Waals surface area contributed by atoms with E-state index in [1.807, 2.05) is 30.1 Å². The summed E-state index contributed by atoms with van der Waals surface area (Å²) in [6, 6.07) is 8.13. The van der Waals surface area contributed by atoms with Gasteiger partial charge in [-0.25, -0.2) is 9.19 Å². The highest BCUT2D eigenvalue weighted by atomic mass is 79.9. The number of anilines is 6. The summed E-state index contributed by atoms with van der Waals surface area (Å²) in [5.41, 5.74) is 7.61. The van der Waals surface area contributed by atoms with Crippen molar-refractivity contribution in [1.29, 1.82) is 0 Å². The fraction of sp³-hybridized carbons (Fsp3) is 0.276. The summed E-state index contributed by atoms with van der Waals surface area (Å²) >= 11 is 3.56. The van der Waals surface area contributed by atoms with Crippen LogP contribution in [0.4, 0.5) is 34.5 Å². The Kier molecular flexibility index (Phi) is 7.88. The Morgan fingerprint density at radius 1 is 1.05 bits per heavy atom. The number of rotatable bonds is 8. The molecule has 0 fully saturated rings. The number of methoxy groups -OCH3 is 1. The molecule has 0 bridgehead atoms. The average molecular weight is 664 g/mol. The molecule has 1 atom stereocenters. The van der Waals surface area contributed by atoms with Crippen LogP contribution in [-0.4, -0.2) is 59.9 Å². The van der Waals surface area contributed by atoms with Crippen molar-refractivity contribution in [3.8, 4) is 16.9 Å². The topological polar surface area (TPSA) is 135 Å². The molecule has 1 aliphatic rings. The van der Waals surface area contributed by atoms with E-state index in [9.17, 15) is 4.21 Å². The minimum absolute atomic E-state index is 0.304. The third kappa shape index (κ3) is 5.59. The highest BCUT2D eigenvalue weighted by Gasteiger charge is 2.26. The van der Waals surface area contributed by atoms with Crippen LogP contribution in [0, 0.1) is 0 Å². The second kappa shape index (κ2) is 11.8. The molecule has 2 aromatic carbocycles. The Labute approximate surface area is 260 Å². The summed E-state index contributed by atoms with van der Waals surface area (Å²) in [4.78, 5) is 20.5. The van der Waals surface area contributed by atoms with Crippen LogP contribution in [-0.2, 0) is 24.5 Å². The molecule has 0 saturated heterocycles. The van der Waals surface area contributed by atoms with Gasteiger partial charge in [0.15, 0.2) is 0 Å². The molecule has 0 amide bonds.